The summed E-state index contributed by atoms with van der Waals surface area (Å²) in [6, 6.07) is 12.6. The third kappa shape index (κ3) is 5.10. The van der Waals surface area contributed by atoms with E-state index >= 15 is 0 Å². The third-order valence-electron chi connectivity index (χ3n) is 3.13. The average molecular weight is 328 g/mol. The molecule has 2 aromatic rings. The molecule has 1 aromatic carbocycles. The Bertz CT molecular complexity index is 539. The minimum atomic E-state index is 0.420. The van der Waals surface area contributed by atoms with Gasteiger partial charge in [0.05, 0.1) is 4.34 Å². The second kappa shape index (κ2) is 8.04. The highest BCUT2D eigenvalue weighted by Gasteiger charge is 2.11. The Morgan fingerprint density at radius 3 is 2.65 bits per heavy atom. The van der Waals surface area contributed by atoms with E-state index in [1.807, 2.05) is 24.3 Å². The fourth-order valence-electron chi connectivity index (χ4n) is 2.22. The number of hydrogen-bond acceptors (Lipinski definition) is 2. The molecule has 1 N–H and O–H groups in total. The molecular weight excluding hydrogens is 309 g/mol. The smallest absolute Gasteiger partial charge is 0.0931 e. The Labute approximate surface area is 134 Å². The van der Waals surface area contributed by atoms with E-state index in [1.165, 1.54) is 10.4 Å². The molecule has 0 aliphatic heterocycles. The van der Waals surface area contributed by atoms with Crippen LogP contribution in [-0.4, -0.2) is 12.6 Å². The Morgan fingerprint density at radius 1 is 1.15 bits per heavy atom. The van der Waals surface area contributed by atoms with E-state index in [0.29, 0.717) is 6.04 Å². The summed E-state index contributed by atoms with van der Waals surface area (Å²) >= 11 is 13.7. The Morgan fingerprint density at radius 2 is 2.00 bits per heavy atom. The van der Waals surface area contributed by atoms with Crippen molar-refractivity contribution < 1.29 is 0 Å². The molecule has 1 unspecified atom stereocenters. The fourth-order valence-corrected chi connectivity index (χ4v) is 3.60. The predicted molar refractivity (Wildman–Crippen MR) is 90.3 cm³/mol. The van der Waals surface area contributed by atoms with Gasteiger partial charge in [-0.25, -0.2) is 0 Å². The van der Waals surface area contributed by atoms with Crippen LogP contribution in [0.15, 0.2) is 36.4 Å². The number of hydrogen-bond donors (Lipinski definition) is 1. The molecule has 0 spiro atoms. The van der Waals surface area contributed by atoms with Gasteiger partial charge in [0.25, 0.3) is 0 Å². The van der Waals surface area contributed by atoms with Crippen molar-refractivity contribution in [2.45, 2.75) is 32.2 Å². The van der Waals surface area contributed by atoms with Crippen molar-refractivity contribution >= 4 is 34.5 Å². The van der Waals surface area contributed by atoms with Crippen LogP contribution in [0, 0.1) is 0 Å². The zero-order valence-corrected chi connectivity index (χ0v) is 13.9. The van der Waals surface area contributed by atoms with Gasteiger partial charge in [0, 0.05) is 15.9 Å². The van der Waals surface area contributed by atoms with Crippen LogP contribution >= 0.6 is 34.5 Å². The quantitative estimate of drug-likeness (QED) is 0.736. The van der Waals surface area contributed by atoms with Crippen molar-refractivity contribution in [3.8, 4) is 0 Å². The molecule has 1 heterocycles. The van der Waals surface area contributed by atoms with Gasteiger partial charge < -0.3 is 5.32 Å². The van der Waals surface area contributed by atoms with Crippen molar-refractivity contribution in [3.63, 3.8) is 0 Å². The first-order chi connectivity index (χ1) is 9.67. The number of halogens is 2. The van der Waals surface area contributed by atoms with Gasteiger partial charge in [-0.3, -0.25) is 0 Å². The lowest BCUT2D eigenvalue weighted by Crippen LogP contribution is -2.33. The summed E-state index contributed by atoms with van der Waals surface area (Å²) < 4.78 is 0.858. The van der Waals surface area contributed by atoms with Gasteiger partial charge in [0.1, 0.15) is 0 Å². The lowest BCUT2D eigenvalue weighted by molar-refractivity contribution is 0.507. The van der Waals surface area contributed by atoms with Gasteiger partial charge in [0.2, 0.25) is 0 Å². The molecule has 0 aliphatic rings. The molecule has 0 bridgehead atoms. The van der Waals surface area contributed by atoms with E-state index in [4.69, 9.17) is 23.2 Å². The number of rotatable bonds is 7. The maximum Gasteiger partial charge on any atom is 0.0931 e. The Kier molecular flexibility index (Phi) is 6.37. The molecule has 20 heavy (non-hydrogen) atoms. The van der Waals surface area contributed by atoms with Crippen LogP contribution in [0.2, 0.25) is 9.36 Å². The highest BCUT2D eigenvalue weighted by atomic mass is 35.5. The summed E-state index contributed by atoms with van der Waals surface area (Å²) in [5, 5.41) is 4.42. The summed E-state index contributed by atoms with van der Waals surface area (Å²) in [7, 11) is 0. The average Bonchev–Trinajstić information content (AvgIpc) is 2.81. The SMILES string of the molecule is CCCNC(Cc1cccc(Cl)c1)Cc1ccc(Cl)s1. The van der Waals surface area contributed by atoms with Gasteiger partial charge in [-0.1, -0.05) is 42.3 Å². The van der Waals surface area contributed by atoms with Crippen molar-refractivity contribution in [1.82, 2.24) is 5.32 Å². The van der Waals surface area contributed by atoms with Gasteiger partial charge >= 0.3 is 0 Å². The van der Waals surface area contributed by atoms with Gasteiger partial charge in [-0.15, -0.1) is 11.3 Å². The van der Waals surface area contributed by atoms with E-state index in [-0.39, 0.29) is 0 Å². The third-order valence-corrected chi connectivity index (χ3v) is 4.62. The van der Waals surface area contributed by atoms with Crippen LogP contribution in [-0.2, 0) is 12.8 Å². The van der Waals surface area contributed by atoms with Crippen LogP contribution in [0.1, 0.15) is 23.8 Å². The molecule has 1 aromatic heterocycles. The number of nitrogens with one attached hydrogen (secondary N) is 1. The molecule has 1 nitrogen and oxygen atoms in total. The summed E-state index contributed by atoms with van der Waals surface area (Å²) in [6.07, 6.45) is 3.12. The molecule has 1 atom stereocenters. The number of benzene rings is 1. The lowest BCUT2D eigenvalue weighted by atomic mass is 10.0. The first kappa shape index (κ1) is 15.8. The Balaban J connectivity index is 2.02. The standard InChI is InChI=1S/C16H19Cl2NS/c1-2-8-19-14(11-15-6-7-16(18)20-15)10-12-4-3-5-13(17)9-12/h3-7,9,14,19H,2,8,10-11H2,1H3. The van der Waals surface area contributed by atoms with Gasteiger partial charge in [0.15, 0.2) is 0 Å². The van der Waals surface area contributed by atoms with E-state index in [2.05, 4.69) is 24.4 Å². The van der Waals surface area contributed by atoms with Crippen molar-refractivity contribution in [3.05, 3.63) is 56.2 Å². The zero-order valence-electron chi connectivity index (χ0n) is 11.5. The zero-order chi connectivity index (χ0) is 14.4. The second-order valence-electron chi connectivity index (χ2n) is 4.90. The largest absolute Gasteiger partial charge is 0.313 e. The maximum atomic E-state index is 6.06. The van der Waals surface area contributed by atoms with Crippen molar-refractivity contribution in [2.75, 3.05) is 6.54 Å². The van der Waals surface area contributed by atoms with Crippen molar-refractivity contribution in [1.29, 1.82) is 0 Å². The summed E-state index contributed by atoms with van der Waals surface area (Å²) in [6.45, 7) is 3.22. The first-order valence-corrected chi connectivity index (χ1v) is 8.46. The van der Waals surface area contributed by atoms with Crippen LogP contribution in [0.5, 0.6) is 0 Å². The molecule has 108 valence electrons. The molecule has 0 fully saturated rings. The van der Waals surface area contributed by atoms with E-state index in [9.17, 15) is 0 Å². The van der Waals surface area contributed by atoms with Crippen molar-refractivity contribution in [2.24, 2.45) is 0 Å². The normalized spacial score (nSPS) is 12.6. The Hall–Kier alpha value is -0.540. The predicted octanol–water partition coefficient (Wildman–Crippen LogP) is 5.21. The lowest BCUT2D eigenvalue weighted by Gasteiger charge is -2.18. The monoisotopic (exact) mass is 327 g/mol. The minimum absolute atomic E-state index is 0.420. The molecular formula is C16H19Cl2NS. The van der Waals surface area contributed by atoms with Crippen LogP contribution in [0.3, 0.4) is 0 Å². The topological polar surface area (TPSA) is 12.0 Å². The van der Waals surface area contributed by atoms with E-state index < -0.39 is 0 Å². The number of thiophene rings is 1. The molecule has 0 aliphatic carbocycles. The minimum Gasteiger partial charge on any atom is -0.313 e. The fraction of sp³-hybridized carbons (Fsp3) is 0.375. The van der Waals surface area contributed by atoms with Gasteiger partial charge in [-0.05, 0) is 55.6 Å². The van der Waals surface area contributed by atoms with Crippen LogP contribution in [0.4, 0.5) is 0 Å². The second-order valence-corrected chi connectivity index (χ2v) is 7.13. The van der Waals surface area contributed by atoms with E-state index in [1.54, 1.807) is 11.3 Å². The maximum absolute atomic E-state index is 6.06. The van der Waals surface area contributed by atoms with Gasteiger partial charge in [-0.2, -0.15) is 0 Å². The first-order valence-electron chi connectivity index (χ1n) is 6.89. The molecule has 0 saturated carbocycles. The summed E-state index contributed by atoms with van der Waals surface area (Å²) in [5.74, 6) is 0. The molecule has 0 radical (unpaired) electrons. The summed E-state index contributed by atoms with van der Waals surface area (Å²) in [4.78, 5) is 1.32. The molecule has 2 rings (SSSR count). The summed E-state index contributed by atoms with van der Waals surface area (Å²) in [5.41, 5.74) is 1.27. The highest BCUT2D eigenvalue weighted by Crippen LogP contribution is 2.23. The molecule has 4 heteroatoms. The highest BCUT2D eigenvalue weighted by molar-refractivity contribution is 7.16. The van der Waals surface area contributed by atoms with Crippen LogP contribution in [0.25, 0.3) is 0 Å². The van der Waals surface area contributed by atoms with Crippen LogP contribution < -0.4 is 5.32 Å². The molecule has 0 amide bonds. The van der Waals surface area contributed by atoms with E-state index in [0.717, 1.165) is 35.2 Å². The molecule has 0 saturated heterocycles.